The zero-order valence-corrected chi connectivity index (χ0v) is 19.5. The van der Waals surface area contributed by atoms with E-state index >= 15 is 0 Å². The van der Waals surface area contributed by atoms with Gasteiger partial charge in [0.25, 0.3) is 0 Å². The Kier molecular flexibility index (Phi) is 6.33. The van der Waals surface area contributed by atoms with Crippen LogP contribution < -0.4 is 21.7 Å². The number of primary amides is 1. The molecule has 2 aromatic carbocycles. The summed E-state index contributed by atoms with van der Waals surface area (Å²) in [6.07, 6.45) is 0.191. The van der Waals surface area contributed by atoms with Gasteiger partial charge in [-0.2, -0.15) is 0 Å². The van der Waals surface area contributed by atoms with Crippen molar-refractivity contribution in [1.29, 1.82) is 0 Å². The summed E-state index contributed by atoms with van der Waals surface area (Å²) in [5.41, 5.74) is 6.64. The van der Waals surface area contributed by atoms with Gasteiger partial charge >= 0.3 is 5.97 Å². The number of esters is 1. The van der Waals surface area contributed by atoms with Crippen LogP contribution in [-0.4, -0.2) is 36.3 Å². The van der Waals surface area contributed by atoms with E-state index in [2.05, 4.69) is 16.0 Å². The van der Waals surface area contributed by atoms with E-state index in [0.29, 0.717) is 27.5 Å². The number of halogens is 1. The Bertz CT molecular complexity index is 1180. The first-order valence-electron chi connectivity index (χ1n) is 10.9. The fourth-order valence-corrected chi connectivity index (χ4v) is 5.08. The quantitative estimate of drug-likeness (QED) is 0.464. The van der Waals surface area contributed by atoms with E-state index in [0.717, 1.165) is 5.56 Å². The van der Waals surface area contributed by atoms with Gasteiger partial charge in [-0.3, -0.25) is 19.7 Å². The van der Waals surface area contributed by atoms with Crippen LogP contribution in [-0.2, 0) is 24.7 Å². The Labute approximate surface area is 201 Å². The smallest absolute Gasteiger partial charge is 0.338 e. The van der Waals surface area contributed by atoms with Crippen LogP contribution in [0.5, 0.6) is 0 Å². The lowest BCUT2D eigenvalue weighted by Crippen LogP contribution is -2.52. The second-order valence-electron chi connectivity index (χ2n) is 8.52. The number of nitrogens with one attached hydrogen (secondary N) is 3. The van der Waals surface area contributed by atoms with Crippen LogP contribution >= 0.6 is 11.6 Å². The number of aryl methyl sites for hydroxylation is 1. The number of carbonyl (C=O) groups excluding carboxylic acids is 4. The molecule has 1 saturated heterocycles. The standard InChI is InChI=1S/C24H25ClN4O5/c1-3-34-22(32)13-4-6-14(7-5-13)27-21(31)17-10-15(11-19(26)30)29-24(17)16-8-12(2)9-18(25)20(16)28-23(24)33/h4-9,15,17,29H,3,10-11H2,1-2H3,(H2,26,30)(H,27,31)(H,28,33)/t15-,17-,24+/m1/s1. The summed E-state index contributed by atoms with van der Waals surface area (Å²) in [6.45, 7) is 3.82. The highest BCUT2D eigenvalue weighted by Crippen LogP contribution is 2.50. The fraction of sp³-hybridized carbons (Fsp3) is 0.333. The number of carbonyl (C=O) groups is 4. The number of amides is 3. The third kappa shape index (κ3) is 4.12. The van der Waals surface area contributed by atoms with Gasteiger partial charge in [0, 0.05) is 23.7 Å². The molecular weight excluding hydrogens is 460 g/mol. The molecule has 2 aromatic rings. The molecule has 0 aromatic heterocycles. The van der Waals surface area contributed by atoms with Gasteiger partial charge in [0.05, 0.1) is 28.8 Å². The van der Waals surface area contributed by atoms with Crippen molar-refractivity contribution >= 4 is 46.7 Å². The van der Waals surface area contributed by atoms with Gasteiger partial charge in [-0.15, -0.1) is 0 Å². The van der Waals surface area contributed by atoms with Crippen molar-refractivity contribution in [2.75, 3.05) is 17.2 Å². The van der Waals surface area contributed by atoms with Gasteiger partial charge in [0.15, 0.2) is 0 Å². The molecule has 0 aliphatic carbocycles. The van der Waals surface area contributed by atoms with Crippen LogP contribution in [0.25, 0.3) is 0 Å². The van der Waals surface area contributed by atoms with E-state index in [9.17, 15) is 19.2 Å². The molecule has 0 unspecified atom stereocenters. The molecule has 2 aliphatic rings. The third-order valence-corrected chi connectivity index (χ3v) is 6.46. The first-order valence-corrected chi connectivity index (χ1v) is 11.3. The molecule has 10 heteroatoms. The van der Waals surface area contributed by atoms with E-state index in [1.54, 1.807) is 37.3 Å². The number of hydrogen-bond donors (Lipinski definition) is 4. The maximum Gasteiger partial charge on any atom is 0.338 e. The minimum atomic E-state index is -1.40. The Balaban J connectivity index is 1.67. The lowest BCUT2D eigenvalue weighted by atomic mass is 9.79. The predicted molar refractivity (Wildman–Crippen MR) is 126 cm³/mol. The molecule has 3 atom stereocenters. The largest absolute Gasteiger partial charge is 0.462 e. The first-order chi connectivity index (χ1) is 16.1. The molecule has 9 nitrogen and oxygen atoms in total. The summed E-state index contributed by atoms with van der Waals surface area (Å²) in [5, 5.41) is 9.22. The lowest BCUT2D eigenvalue weighted by Gasteiger charge is -2.29. The highest BCUT2D eigenvalue weighted by atomic mass is 35.5. The van der Waals surface area contributed by atoms with E-state index in [1.165, 1.54) is 0 Å². The summed E-state index contributed by atoms with van der Waals surface area (Å²) >= 11 is 6.39. The number of hydrogen-bond acceptors (Lipinski definition) is 6. The van der Waals surface area contributed by atoms with Crippen LogP contribution in [0.2, 0.25) is 5.02 Å². The normalized spacial score (nSPS) is 22.9. The van der Waals surface area contributed by atoms with Gasteiger partial charge in [-0.1, -0.05) is 17.7 Å². The summed E-state index contributed by atoms with van der Waals surface area (Å²) in [6, 6.07) is 9.34. The molecule has 178 valence electrons. The maximum absolute atomic E-state index is 13.5. The molecule has 34 heavy (non-hydrogen) atoms. The zero-order valence-electron chi connectivity index (χ0n) is 18.7. The van der Waals surface area contributed by atoms with Crippen LogP contribution in [0.15, 0.2) is 36.4 Å². The van der Waals surface area contributed by atoms with Crippen molar-refractivity contribution in [2.24, 2.45) is 11.7 Å². The van der Waals surface area contributed by atoms with Crippen LogP contribution in [0.3, 0.4) is 0 Å². The van der Waals surface area contributed by atoms with Crippen LogP contribution in [0.4, 0.5) is 11.4 Å². The maximum atomic E-state index is 13.5. The number of anilines is 2. The fourth-order valence-electron chi connectivity index (χ4n) is 4.76. The Hall–Kier alpha value is -3.43. The molecule has 2 aliphatic heterocycles. The SMILES string of the molecule is CCOC(=O)c1ccc(NC(=O)[C@H]2C[C@H](CC(N)=O)N[C@]23C(=O)Nc2c(Cl)cc(C)cc23)cc1. The average molecular weight is 485 g/mol. The highest BCUT2D eigenvalue weighted by molar-refractivity contribution is 6.35. The number of nitrogens with two attached hydrogens (primary N) is 1. The molecule has 0 saturated carbocycles. The number of benzene rings is 2. The van der Waals surface area contributed by atoms with Crippen molar-refractivity contribution in [3.05, 3.63) is 58.1 Å². The van der Waals surface area contributed by atoms with Crippen LogP contribution in [0, 0.1) is 12.8 Å². The number of fused-ring (bicyclic) bond motifs is 2. The molecule has 3 amide bonds. The highest BCUT2D eigenvalue weighted by Gasteiger charge is 2.60. The van der Waals surface area contributed by atoms with Gasteiger partial charge < -0.3 is 21.1 Å². The van der Waals surface area contributed by atoms with Crippen molar-refractivity contribution in [3.63, 3.8) is 0 Å². The summed E-state index contributed by atoms with van der Waals surface area (Å²) in [5.74, 6) is -2.67. The molecule has 1 fully saturated rings. The number of ether oxygens (including phenoxy) is 1. The Morgan fingerprint density at radius 2 is 1.94 bits per heavy atom. The van der Waals surface area contributed by atoms with Crippen molar-refractivity contribution in [3.8, 4) is 0 Å². The second-order valence-corrected chi connectivity index (χ2v) is 8.93. The average Bonchev–Trinajstić information content (AvgIpc) is 3.28. The first kappa shape index (κ1) is 23.7. The summed E-state index contributed by atoms with van der Waals surface area (Å²) < 4.78 is 4.97. The van der Waals surface area contributed by atoms with Crippen molar-refractivity contribution in [2.45, 2.75) is 38.3 Å². The van der Waals surface area contributed by atoms with E-state index in [4.69, 9.17) is 22.1 Å². The van der Waals surface area contributed by atoms with E-state index in [1.807, 2.05) is 13.0 Å². The monoisotopic (exact) mass is 484 g/mol. The predicted octanol–water partition coefficient (Wildman–Crippen LogP) is 2.46. The van der Waals surface area contributed by atoms with E-state index < -0.39 is 41.2 Å². The lowest BCUT2D eigenvalue weighted by molar-refractivity contribution is -0.130. The third-order valence-electron chi connectivity index (χ3n) is 6.16. The summed E-state index contributed by atoms with van der Waals surface area (Å²) in [4.78, 5) is 50.3. The Morgan fingerprint density at radius 1 is 1.24 bits per heavy atom. The molecular formula is C24H25ClN4O5. The van der Waals surface area contributed by atoms with Gasteiger partial charge in [0.1, 0.15) is 5.54 Å². The molecule has 1 spiro atoms. The number of rotatable bonds is 6. The topological polar surface area (TPSA) is 140 Å². The summed E-state index contributed by atoms with van der Waals surface area (Å²) in [7, 11) is 0. The second kappa shape index (κ2) is 9.08. The minimum absolute atomic E-state index is 0.0259. The zero-order chi connectivity index (χ0) is 24.6. The molecule has 2 heterocycles. The van der Waals surface area contributed by atoms with Crippen LogP contribution in [0.1, 0.15) is 41.3 Å². The van der Waals surface area contributed by atoms with Crippen molar-refractivity contribution < 1.29 is 23.9 Å². The molecule has 0 radical (unpaired) electrons. The van der Waals surface area contributed by atoms with Gasteiger partial charge in [-0.25, -0.2) is 4.79 Å². The molecule has 4 rings (SSSR count). The van der Waals surface area contributed by atoms with E-state index in [-0.39, 0.29) is 19.4 Å². The van der Waals surface area contributed by atoms with Crippen molar-refractivity contribution in [1.82, 2.24) is 5.32 Å². The molecule has 5 N–H and O–H groups in total. The van der Waals surface area contributed by atoms with Gasteiger partial charge in [0.2, 0.25) is 17.7 Å². The molecule has 0 bridgehead atoms. The Morgan fingerprint density at radius 3 is 2.59 bits per heavy atom. The minimum Gasteiger partial charge on any atom is -0.462 e. The van der Waals surface area contributed by atoms with Gasteiger partial charge in [-0.05, 0) is 56.2 Å².